The number of aromatic nitrogens is 2. The van der Waals surface area contributed by atoms with Crippen molar-refractivity contribution in [2.45, 2.75) is 45.8 Å². The topological polar surface area (TPSA) is 81.4 Å². The molecule has 1 aromatic heterocycles. The van der Waals surface area contributed by atoms with Crippen LogP contribution in [0.1, 0.15) is 50.5 Å². The SMILES string of the molecule is CC[C@@H](C(=O)OC(C)(C)C)n1cc(C(=O)O)cn1. The summed E-state index contributed by atoms with van der Waals surface area (Å²) in [7, 11) is 0. The molecule has 0 spiro atoms. The lowest BCUT2D eigenvalue weighted by Crippen LogP contribution is -2.30. The number of hydrogen-bond acceptors (Lipinski definition) is 4. The lowest BCUT2D eigenvalue weighted by molar-refractivity contribution is -0.159. The smallest absolute Gasteiger partial charge is 0.338 e. The van der Waals surface area contributed by atoms with Gasteiger partial charge in [0, 0.05) is 6.20 Å². The van der Waals surface area contributed by atoms with Crippen molar-refractivity contribution in [1.82, 2.24) is 9.78 Å². The highest BCUT2D eigenvalue weighted by atomic mass is 16.6. The normalized spacial score (nSPS) is 13.1. The van der Waals surface area contributed by atoms with E-state index in [0.29, 0.717) is 6.42 Å². The van der Waals surface area contributed by atoms with E-state index in [2.05, 4.69) is 5.10 Å². The van der Waals surface area contributed by atoms with Gasteiger partial charge < -0.3 is 9.84 Å². The molecule has 1 N–H and O–H groups in total. The first-order chi connectivity index (χ1) is 8.24. The molecule has 6 nitrogen and oxygen atoms in total. The van der Waals surface area contributed by atoms with Crippen LogP contribution in [0.4, 0.5) is 0 Å². The largest absolute Gasteiger partial charge is 0.478 e. The van der Waals surface area contributed by atoms with Crippen LogP contribution in [0.5, 0.6) is 0 Å². The van der Waals surface area contributed by atoms with Gasteiger partial charge in [0.1, 0.15) is 11.6 Å². The predicted octanol–water partition coefficient (Wildman–Crippen LogP) is 1.87. The molecule has 0 fully saturated rings. The monoisotopic (exact) mass is 254 g/mol. The van der Waals surface area contributed by atoms with Gasteiger partial charge in [0.25, 0.3) is 0 Å². The van der Waals surface area contributed by atoms with Crippen molar-refractivity contribution < 1.29 is 19.4 Å². The van der Waals surface area contributed by atoms with Gasteiger partial charge in [0.2, 0.25) is 0 Å². The maximum atomic E-state index is 11.9. The predicted molar refractivity (Wildman–Crippen MR) is 64.4 cm³/mol. The van der Waals surface area contributed by atoms with Crippen LogP contribution in [0.2, 0.25) is 0 Å². The molecular weight excluding hydrogens is 236 g/mol. The van der Waals surface area contributed by atoms with E-state index in [1.165, 1.54) is 17.1 Å². The maximum absolute atomic E-state index is 11.9. The van der Waals surface area contributed by atoms with E-state index >= 15 is 0 Å². The fourth-order valence-corrected chi connectivity index (χ4v) is 1.45. The summed E-state index contributed by atoms with van der Waals surface area (Å²) in [4.78, 5) is 22.7. The first-order valence-corrected chi connectivity index (χ1v) is 5.75. The first-order valence-electron chi connectivity index (χ1n) is 5.75. The molecule has 0 aliphatic carbocycles. The lowest BCUT2D eigenvalue weighted by Gasteiger charge is -2.23. The average molecular weight is 254 g/mol. The van der Waals surface area contributed by atoms with E-state index in [1.807, 2.05) is 6.92 Å². The second-order valence-corrected chi connectivity index (χ2v) is 4.97. The average Bonchev–Trinajstić information content (AvgIpc) is 2.65. The first kappa shape index (κ1) is 14.2. The Morgan fingerprint density at radius 2 is 2.11 bits per heavy atom. The van der Waals surface area contributed by atoms with E-state index in [4.69, 9.17) is 9.84 Å². The third-order valence-electron chi connectivity index (χ3n) is 2.23. The molecule has 18 heavy (non-hydrogen) atoms. The molecule has 100 valence electrons. The van der Waals surface area contributed by atoms with Crippen LogP contribution in [0, 0.1) is 0 Å². The minimum Gasteiger partial charge on any atom is -0.478 e. The number of hydrogen-bond donors (Lipinski definition) is 1. The molecule has 0 aliphatic heterocycles. The number of nitrogens with zero attached hydrogens (tertiary/aromatic N) is 2. The molecule has 0 saturated heterocycles. The number of carboxylic acids is 1. The number of esters is 1. The van der Waals surface area contributed by atoms with E-state index < -0.39 is 23.6 Å². The highest BCUT2D eigenvalue weighted by Crippen LogP contribution is 2.18. The third kappa shape index (κ3) is 3.58. The van der Waals surface area contributed by atoms with Crippen LogP contribution in [0.3, 0.4) is 0 Å². The highest BCUT2D eigenvalue weighted by molar-refractivity contribution is 5.87. The van der Waals surface area contributed by atoms with Crippen molar-refractivity contribution in [2.24, 2.45) is 0 Å². The van der Waals surface area contributed by atoms with Gasteiger partial charge in [0.15, 0.2) is 0 Å². The van der Waals surface area contributed by atoms with Crippen molar-refractivity contribution in [3.8, 4) is 0 Å². The molecule has 1 rings (SSSR count). The van der Waals surface area contributed by atoms with E-state index in [1.54, 1.807) is 20.8 Å². The zero-order chi connectivity index (χ0) is 13.9. The molecule has 1 atom stereocenters. The Kier molecular flexibility index (Phi) is 4.11. The highest BCUT2D eigenvalue weighted by Gasteiger charge is 2.26. The van der Waals surface area contributed by atoms with Gasteiger partial charge in [0.05, 0.1) is 11.8 Å². The molecule has 0 aromatic carbocycles. The van der Waals surface area contributed by atoms with Crippen molar-refractivity contribution in [3.05, 3.63) is 18.0 Å². The van der Waals surface area contributed by atoms with E-state index in [9.17, 15) is 9.59 Å². The zero-order valence-electron chi connectivity index (χ0n) is 11.0. The summed E-state index contributed by atoms with van der Waals surface area (Å²) in [5, 5.41) is 12.7. The standard InChI is InChI=1S/C12H18N2O4/c1-5-9(11(17)18-12(2,3)4)14-7-8(6-13-14)10(15)16/h6-7,9H,5H2,1-4H3,(H,15,16)/t9-/m0/s1. The number of carbonyl (C=O) groups is 2. The Balaban J connectivity index is 2.88. The fraction of sp³-hybridized carbons (Fsp3) is 0.583. The van der Waals surface area contributed by atoms with Crippen LogP contribution < -0.4 is 0 Å². The second kappa shape index (κ2) is 5.20. The summed E-state index contributed by atoms with van der Waals surface area (Å²) < 4.78 is 6.60. The molecular formula is C12H18N2O4. The Morgan fingerprint density at radius 3 is 2.50 bits per heavy atom. The summed E-state index contributed by atoms with van der Waals surface area (Å²) in [5.74, 6) is -1.48. The number of aromatic carboxylic acids is 1. The summed E-state index contributed by atoms with van der Waals surface area (Å²) in [6.07, 6.45) is 3.03. The van der Waals surface area contributed by atoms with Crippen LogP contribution in [0.15, 0.2) is 12.4 Å². The van der Waals surface area contributed by atoms with Crippen molar-refractivity contribution in [2.75, 3.05) is 0 Å². The Hall–Kier alpha value is -1.85. The van der Waals surface area contributed by atoms with Crippen molar-refractivity contribution >= 4 is 11.9 Å². The molecule has 0 saturated carbocycles. The maximum Gasteiger partial charge on any atom is 0.338 e. The molecule has 0 bridgehead atoms. The lowest BCUT2D eigenvalue weighted by atomic mass is 10.1. The van der Waals surface area contributed by atoms with Gasteiger partial charge in [-0.15, -0.1) is 0 Å². The summed E-state index contributed by atoms with van der Waals surface area (Å²) in [5.41, 5.74) is -0.523. The Morgan fingerprint density at radius 1 is 1.50 bits per heavy atom. The van der Waals surface area contributed by atoms with Crippen LogP contribution in [-0.4, -0.2) is 32.4 Å². The third-order valence-corrected chi connectivity index (χ3v) is 2.23. The van der Waals surface area contributed by atoms with Gasteiger partial charge >= 0.3 is 11.9 Å². The number of carbonyl (C=O) groups excluding carboxylic acids is 1. The zero-order valence-corrected chi connectivity index (χ0v) is 11.0. The molecule has 0 amide bonds. The summed E-state index contributed by atoms with van der Waals surface area (Å²) in [6.45, 7) is 7.16. The van der Waals surface area contributed by atoms with Crippen molar-refractivity contribution in [3.63, 3.8) is 0 Å². The number of carboxylic acid groups (broad SMARTS) is 1. The van der Waals surface area contributed by atoms with E-state index in [-0.39, 0.29) is 5.56 Å². The molecule has 0 radical (unpaired) electrons. The Bertz CT molecular complexity index is 445. The quantitative estimate of drug-likeness (QED) is 0.829. The number of rotatable bonds is 4. The van der Waals surface area contributed by atoms with Gasteiger partial charge in [-0.3, -0.25) is 4.68 Å². The Labute approximate surface area is 106 Å². The van der Waals surface area contributed by atoms with Crippen LogP contribution in [-0.2, 0) is 9.53 Å². The number of ether oxygens (including phenoxy) is 1. The van der Waals surface area contributed by atoms with Gasteiger partial charge in [-0.25, -0.2) is 9.59 Å². The van der Waals surface area contributed by atoms with Gasteiger partial charge in [-0.05, 0) is 27.2 Å². The molecule has 0 aliphatic rings. The molecule has 1 heterocycles. The second-order valence-electron chi connectivity index (χ2n) is 4.97. The van der Waals surface area contributed by atoms with Gasteiger partial charge in [-0.2, -0.15) is 5.10 Å². The minimum atomic E-state index is -1.07. The molecule has 6 heteroatoms. The van der Waals surface area contributed by atoms with E-state index in [0.717, 1.165) is 0 Å². The molecule has 1 aromatic rings. The fourth-order valence-electron chi connectivity index (χ4n) is 1.45. The van der Waals surface area contributed by atoms with Crippen molar-refractivity contribution in [1.29, 1.82) is 0 Å². The van der Waals surface area contributed by atoms with Crippen LogP contribution >= 0.6 is 0 Å². The summed E-state index contributed by atoms with van der Waals surface area (Å²) in [6, 6.07) is -0.600. The minimum absolute atomic E-state index is 0.0528. The van der Waals surface area contributed by atoms with Gasteiger partial charge in [-0.1, -0.05) is 6.92 Å². The van der Waals surface area contributed by atoms with Crippen LogP contribution in [0.25, 0.3) is 0 Å². The summed E-state index contributed by atoms with van der Waals surface area (Å²) >= 11 is 0. The molecule has 0 unspecified atom stereocenters.